The molecule has 0 amide bonds. The first-order chi connectivity index (χ1) is 17.2. The molecule has 0 radical (unpaired) electrons. The van der Waals surface area contributed by atoms with Crippen molar-refractivity contribution in [3.05, 3.63) is 124 Å². The molecule has 2 aromatic heterocycles. The fourth-order valence-corrected chi connectivity index (χ4v) is 5.59. The lowest BCUT2D eigenvalue weighted by Crippen LogP contribution is -1.98. The molecule has 2 heterocycles. The monoisotopic (exact) mass is 579 g/mol. The van der Waals surface area contributed by atoms with Gasteiger partial charge in [-0.3, -0.25) is 4.57 Å². The van der Waals surface area contributed by atoms with Crippen LogP contribution in [-0.4, -0.2) is 14.5 Å². The van der Waals surface area contributed by atoms with Crippen LogP contribution >= 0.6 is 31.9 Å². The third-order valence-corrected chi connectivity index (χ3v) is 6.87. The van der Waals surface area contributed by atoms with Gasteiger partial charge < -0.3 is 0 Å². The number of pyridine rings is 1. The SMILES string of the molecule is Brc1cc(Br)cc(-c2ccc(-c3nc4cc(-c5ccccc5)cnc4n3-c3ccccc3)cc2)c1. The fraction of sp³-hybridized carbons (Fsp3) is 0. The maximum absolute atomic E-state index is 5.06. The minimum Gasteiger partial charge on any atom is -0.277 e. The lowest BCUT2D eigenvalue weighted by molar-refractivity contribution is 1.08. The minimum absolute atomic E-state index is 0.839. The molecule has 6 rings (SSSR count). The molecule has 0 atom stereocenters. The van der Waals surface area contributed by atoms with Gasteiger partial charge in [0, 0.05) is 32.0 Å². The zero-order valence-electron chi connectivity index (χ0n) is 18.6. The summed E-state index contributed by atoms with van der Waals surface area (Å²) in [4.78, 5) is 9.92. The number of hydrogen-bond acceptors (Lipinski definition) is 2. The molecule has 0 spiro atoms. The van der Waals surface area contributed by atoms with Gasteiger partial charge in [-0.2, -0.15) is 0 Å². The number of rotatable bonds is 4. The van der Waals surface area contributed by atoms with E-state index in [9.17, 15) is 0 Å². The number of fused-ring (bicyclic) bond motifs is 1. The van der Waals surface area contributed by atoms with E-state index in [1.54, 1.807) is 0 Å². The van der Waals surface area contributed by atoms with Crippen molar-refractivity contribution in [2.24, 2.45) is 0 Å². The van der Waals surface area contributed by atoms with Crippen LogP contribution in [0.3, 0.4) is 0 Å². The molecular formula is C30H19Br2N3. The lowest BCUT2D eigenvalue weighted by atomic mass is 10.0. The van der Waals surface area contributed by atoms with Crippen LogP contribution in [0.15, 0.2) is 124 Å². The predicted octanol–water partition coefficient (Wildman–Crippen LogP) is 8.95. The smallest absolute Gasteiger partial charge is 0.164 e. The Bertz CT molecular complexity index is 1620. The van der Waals surface area contributed by atoms with Crippen LogP contribution in [0, 0.1) is 0 Å². The van der Waals surface area contributed by atoms with E-state index in [1.807, 2.05) is 48.7 Å². The standard InChI is InChI=1S/C30H19Br2N3/c31-25-15-23(16-26(32)18-25)21-11-13-22(14-12-21)29-34-28-17-24(20-7-3-1-4-8-20)19-33-30(28)35(29)27-9-5-2-6-10-27/h1-19H. The molecule has 0 bridgehead atoms. The Labute approximate surface area is 220 Å². The average molecular weight is 581 g/mol. The van der Waals surface area contributed by atoms with Crippen molar-refractivity contribution in [2.45, 2.75) is 0 Å². The first kappa shape index (κ1) is 22.0. The van der Waals surface area contributed by atoms with Gasteiger partial charge in [-0.05, 0) is 53.1 Å². The van der Waals surface area contributed by atoms with Gasteiger partial charge in [-0.15, -0.1) is 0 Å². The van der Waals surface area contributed by atoms with Crippen molar-refractivity contribution in [1.29, 1.82) is 0 Å². The van der Waals surface area contributed by atoms with Crippen LogP contribution in [-0.2, 0) is 0 Å². The molecule has 0 aliphatic carbocycles. The molecule has 3 nitrogen and oxygen atoms in total. The zero-order chi connectivity index (χ0) is 23.8. The Morgan fingerprint density at radius 3 is 1.83 bits per heavy atom. The highest BCUT2D eigenvalue weighted by Gasteiger charge is 2.16. The van der Waals surface area contributed by atoms with E-state index in [-0.39, 0.29) is 0 Å². The Morgan fingerprint density at radius 1 is 0.543 bits per heavy atom. The van der Waals surface area contributed by atoms with E-state index in [0.717, 1.165) is 59.4 Å². The second kappa shape index (κ2) is 9.25. The quantitative estimate of drug-likeness (QED) is 0.208. The number of hydrogen-bond donors (Lipinski definition) is 0. The number of benzene rings is 4. The third-order valence-electron chi connectivity index (χ3n) is 5.96. The topological polar surface area (TPSA) is 30.7 Å². The summed E-state index contributed by atoms with van der Waals surface area (Å²) >= 11 is 7.18. The van der Waals surface area contributed by atoms with Gasteiger partial charge in [0.1, 0.15) is 11.3 Å². The maximum atomic E-state index is 5.06. The van der Waals surface area contributed by atoms with Gasteiger partial charge in [-0.1, -0.05) is 105 Å². The fourth-order valence-electron chi connectivity index (χ4n) is 4.30. The highest BCUT2D eigenvalue weighted by molar-refractivity contribution is 9.11. The maximum Gasteiger partial charge on any atom is 0.164 e. The van der Waals surface area contributed by atoms with E-state index in [1.165, 1.54) is 0 Å². The zero-order valence-corrected chi connectivity index (χ0v) is 21.7. The number of halogens is 2. The molecule has 0 saturated heterocycles. The summed E-state index contributed by atoms with van der Waals surface area (Å²) < 4.78 is 4.21. The van der Waals surface area contributed by atoms with Crippen LogP contribution in [0.2, 0.25) is 0 Å². The van der Waals surface area contributed by atoms with Crippen molar-refractivity contribution in [3.63, 3.8) is 0 Å². The first-order valence-electron chi connectivity index (χ1n) is 11.2. The summed E-state index contributed by atoms with van der Waals surface area (Å²) in [7, 11) is 0. The number of aromatic nitrogens is 3. The Balaban J connectivity index is 1.50. The Morgan fingerprint density at radius 2 is 1.14 bits per heavy atom. The van der Waals surface area contributed by atoms with Crippen LogP contribution in [0.5, 0.6) is 0 Å². The van der Waals surface area contributed by atoms with Gasteiger partial charge >= 0.3 is 0 Å². The highest BCUT2D eigenvalue weighted by Crippen LogP contribution is 2.33. The molecule has 4 aromatic carbocycles. The van der Waals surface area contributed by atoms with Gasteiger partial charge in [0.25, 0.3) is 0 Å². The van der Waals surface area contributed by atoms with E-state index in [0.29, 0.717) is 0 Å². The third kappa shape index (κ3) is 4.33. The molecule has 168 valence electrons. The lowest BCUT2D eigenvalue weighted by Gasteiger charge is -2.10. The van der Waals surface area contributed by atoms with Crippen molar-refractivity contribution in [1.82, 2.24) is 14.5 Å². The first-order valence-corrected chi connectivity index (χ1v) is 12.8. The van der Waals surface area contributed by atoms with Crippen LogP contribution in [0.4, 0.5) is 0 Å². The molecule has 0 N–H and O–H groups in total. The molecule has 0 fully saturated rings. The Kier molecular flexibility index (Phi) is 5.80. The predicted molar refractivity (Wildman–Crippen MR) is 151 cm³/mol. The van der Waals surface area contributed by atoms with Crippen molar-refractivity contribution in [3.8, 4) is 39.3 Å². The molecule has 0 saturated carbocycles. The van der Waals surface area contributed by atoms with Crippen molar-refractivity contribution >= 4 is 43.0 Å². The molecular weight excluding hydrogens is 562 g/mol. The van der Waals surface area contributed by atoms with Crippen molar-refractivity contribution in [2.75, 3.05) is 0 Å². The van der Waals surface area contributed by atoms with E-state index < -0.39 is 0 Å². The largest absolute Gasteiger partial charge is 0.277 e. The molecule has 0 aliphatic heterocycles. The second-order valence-electron chi connectivity index (χ2n) is 8.27. The molecule has 0 aliphatic rings. The van der Waals surface area contributed by atoms with E-state index in [2.05, 4.69) is 103 Å². The molecule has 6 aromatic rings. The summed E-state index contributed by atoms with van der Waals surface area (Å²) in [5.41, 5.74) is 8.23. The molecule has 35 heavy (non-hydrogen) atoms. The summed E-state index contributed by atoms with van der Waals surface area (Å²) in [6.45, 7) is 0. The summed E-state index contributed by atoms with van der Waals surface area (Å²) in [5, 5.41) is 0. The van der Waals surface area contributed by atoms with E-state index >= 15 is 0 Å². The van der Waals surface area contributed by atoms with Crippen LogP contribution < -0.4 is 0 Å². The number of imidazole rings is 1. The Hall–Kier alpha value is -3.54. The van der Waals surface area contributed by atoms with Gasteiger partial charge in [0.15, 0.2) is 5.65 Å². The highest BCUT2D eigenvalue weighted by atomic mass is 79.9. The minimum atomic E-state index is 0.839. The normalized spacial score (nSPS) is 11.1. The summed E-state index contributed by atoms with van der Waals surface area (Å²) in [6, 6.07) is 37.5. The average Bonchev–Trinajstić information content (AvgIpc) is 3.28. The molecule has 5 heteroatoms. The molecule has 0 unspecified atom stereocenters. The number of nitrogens with zero attached hydrogens (tertiary/aromatic N) is 3. The number of para-hydroxylation sites is 1. The van der Waals surface area contributed by atoms with Crippen LogP contribution in [0.1, 0.15) is 0 Å². The van der Waals surface area contributed by atoms with Crippen molar-refractivity contribution < 1.29 is 0 Å². The van der Waals surface area contributed by atoms with E-state index in [4.69, 9.17) is 9.97 Å². The van der Waals surface area contributed by atoms with Gasteiger partial charge in [0.2, 0.25) is 0 Å². The summed E-state index contributed by atoms with van der Waals surface area (Å²) in [6.07, 6.45) is 1.93. The second-order valence-corrected chi connectivity index (χ2v) is 10.1. The van der Waals surface area contributed by atoms with Crippen LogP contribution in [0.25, 0.3) is 50.5 Å². The summed E-state index contributed by atoms with van der Waals surface area (Å²) in [5.74, 6) is 0.867. The van der Waals surface area contributed by atoms with Gasteiger partial charge in [0.05, 0.1) is 0 Å². The van der Waals surface area contributed by atoms with Gasteiger partial charge in [-0.25, -0.2) is 9.97 Å².